The number of nitrogens with two attached hydrogens (primary N) is 1. The van der Waals surface area contributed by atoms with E-state index in [1.807, 2.05) is 0 Å². The lowest BCUT2D eigenvalue weighted by molar-refractivity contribution is 0.154. The Morgan fingerprint density at radius 1 is 1.48 bits per heavy atom. The number of aromatic nitrogens is 1. The van der Waals surface area contributed by atoms with E-state index in [0.29, 0.717) is 12.0 Å². The molecule has 2 N–H and O–H groups in total. The first-order chi connectivity index (χ1) is 9.61. The number of aryl methyl sites for hydroxylation is 1. The van der Waals surface area contributed by atoms with Crippen LogP contribution in [-0.2, 0) is 6.54 Å². The number of piperidine rings is 1. The molecule has 2 unspecified atom stereocenters. The van der Waals surface area contributed by atoms with Gasteiger partial charge in [0.2, 0.25) is 0 Å². The molecule has 1 aromatic carbocycles. The molecule has 116 valence electrons. The average molecular weight is 326 g/mol. The Labute approximate surface area is 137 Å². The van der Waals surface area contributed by atoms with Crippen LogP contribution in [0.2, 0.25) is 0 Å². The number of rotatable bonds is 3. The van der Waals surface area contributed by atoms with Crippen LogP contribution in [-0.4, -0.2) is 29.0 Å². The number of nitrogens with zero attached hydrogens (tertiary/aromatic N) is 2. The summed E-state index contributed by atoms with van der Waals surface area (Å²) in [5.74, 6) is 0.651. The average Bonchev–Trinajstić information content (AvgIpc) is 2.78. The smallest absolute Gasteiger partial charge is 0.0907 e. The highest BCUT2D eigenvalue weighted by molar-refractivity contribution is 7.18. The first kappa shape index (κ1) is 16.7. The fraction of sp³-hybridized carbons (Fsp3) is 0.562. The quantitative estimate of drug-likeness (QED) is 0.937. The molecule has 1 aliphatic heterocycles. The minimum Gasteiger partial charge on any atom is -0.328 e. The Balaban J connectivity index is 0.00000161. The Morgan fingerprint density at radius 2 is 2.29 bits per heavy atom. The molecule has 1 aromatic heterocycles. The van der Waals surface area contributed by atoms with Crippen LogP contribution in [0, 0.1) is 12.8 Å². The maximum atomic E-state index is 6.07. The van der Waals surface area contributed by atoms with Crippen molar-refractivity contribution in [2.75, 3.05) is 13.1 Å². The van der Waals surface area contributed by atoms with E-state index in [9.17, 15) is 0 Å². The second-order valence-corrected chi connectivity index (χ2v) is 7.27. The van der Waals surface area contributed by atoms with Gasteiger partial charge in [-0.25, -0.2) is 4.98 Å². The molecule has 3 rings (SSSR count). The van der Waals surface area contributed by atoms with Gasteiger partial charge < -0.3 is 5.73 Å². The van der Waals surface area contributed by atoms with Crippen LogP contribution in [0.5, 0.6) is 0 Å². The normalized spacial score (nSPS) is 21.2. The lowest BCUT2D eigenvalue weighted by Crippen LogP contribution is -2.41. The summed E-state index contributed by atoms with van der Waals surface area (Å²) in [5.41, 5.74) is 8.59. The van der Waals surface area contributed by atoms with E-state index < -0.39 is 0 Å². The van der Waals surface area contributed by atoms with E-state index >= 15 is 0 Å². The maximum Gasteiger partial charge on any atom is 0.0907 e. The molecule has 0 amide bonds. The highest BCUT2D eigenvalue weighted by Gasteiger charge is 2.22. The topological polar surface area (TPSA) is 42.2 Å². The van der Waals surface area contributed by atoms with Crippen LogP contribution in [0.3, 0.4) is 0 Å². The summed E-state index contributed by atoms with van der Waals surface area (Å²) in [6.07, 6.45) is 2.55. The van der Waals surface area contributed by atoms with Crippen LogP contribution in [0.15, 0.2) is 18.2 Å². The first-order valence-electron chi connectivity index (χ1n) is 7.46. The van der Waals surface area contributed by atoms with Crippen LogP contribution in [0.25, 0.3) is 10.2 Å². The number of fused-ring (bicyclic) bond motifs is 1. The van der Waals surface area contributed by atoms with Crippen LogP contribution in [0.1, 0.15) is 30.3 Å². The minimum atomic E-state index is 0. The van der Waals surface area contributed by atoms with Gasteiger partial charge in [-0.05, 0) is 56.8 Å². The molecule has 21 heavy (non-hydrogen) atoms. The van der Waals surface area contributed by atoms with Gasteiger partial charge in [0, 0.05) is 19.1 Å². The SMILES string of the molecule is Cc1nc2ccc(CN3CCCC(C(C)N)C3)cc2s1.Cl. The van der Waals surface area contributed by atoms with E-state index in [1.54, 1.807) is 11.3 Å². The van der Waals surface area contributed by atoms with Crippen LogP contribution < -0.4 is 5.73 Å². The number of hydrogen-bond donors (Lipinski definition) is 1. The van der Waals surface area contributed by atoms with E-state index in [2.05, 4.69) is 41.9 Å². The predicted octanol–water partition coefficient (Wildman–Crippen LogP) is 3.59. The Hall–Kier alpha value is -0.680. The largest absolute Gasteiger partial charge is 0.328 e. The van der Waals surface area contributed by atoms with Crippen molar-refractivity contribution in [2.45, 2.75) is 39.3 Å². The van der Waals surface area contributed by atoms with Crippen molar-refractivity contribution in [2.24, 2.45) is 11.7 Å². The second-order valence-electron chi connectivity index (χ2n) is 6.03. The third kappa shape index (κ3) is 3.95. The number of benzene rings is 1. The van der Waals surface area contributed by atoms with E-state index in [-0.39, 0.29) is 12.4 Å². The molecule has 1 fully saturated rings. The molecular weight excluding hydrogens is 302 g/mol. The maximum absolute atomic E-state index is 6.07. The van der Waals surface area contributed by atoms with Crippen molar-refractivity contribution in [3.05, 3.63) is 28.8 Å². The van der Waals surface area contributed by atoms with Crippen molar-refractivity contribution in [3.8, 4) is 0 Å². The Kier molecular flexibility index (Phi) is 5.60. The summed E-state index contributed by atoms with van der Waals surface area (Å²) in [6.45, 7) is 7.58. The third-order valence-corrected chi connectivity index (χ3v) is 5.19. The fourth-order valence-electron chi connectivity index (χ4n) is 3.10. The zero-order valence-electron chi connectivity index (χ0n) is 12.7. The number of thiazole rings is 1. The van der Waals surface area contributed by atoms with Gasteiger partial charge in [0.05, 0.1) is 15.2 Å². The lowest BCUT2D eigenvalue weighted by atomic mass is 9.92. The summed E-state index contributed by atoms with van der Waals surface area (Å²) in [6, 6.07) is 6.98. The number of halogens is 1. The summed E-state index contributed by atoms with van der Waals surface area (Å²) in [5, 5.41) is 1.15. The highest BCUT2D eigenvalue weighted by atomic mass is 35.5. The number of likely N-dealkylation sites (tertiary alicyclic amines) is 1. The lowest BCUT2D eigenvalue weighted by Gasteiger charge is -2.34. The zero-order valence-corrected chi connectivity index (χ0v) is 14.3. The minimum absolute atomic E-state index is 0. The van der Waals surface area contributed by atoms with Crippen molar-refractivity contribution in [1.82, 2.24) is 9.88 Å². The van der Waals surface area contributed by atoms with Gasteiger partial charge in [-0.2, -0.15) is 0 Å². The van der Waals surface area contributed by atoms with Gasteiger partial charge in [0.1, 0.15) is 0 Å². The second kappa shape index (κ2) is 7.05. The van der Waals surface area contributed by atoms with Gasteiger partial charge in [-0.15, -0.1) is 23.7 Å². The molecule has 1 saturated heterocycles. The third-order valence-electron chi connectivity index (χ3n) is 4.25. The first-order valence-corrected chi connectivity index (χ1v) is 8.27. The van der Waals surface area contributed by atoms with Gasteiger partial charge in [0.15, 0.2) is 0 Å². The summed E-state index contributed by atoms with van der Waals surface area (Å²) in [4.78, 5) is 7.07. The molecule has 3 nitrogen and oxygen atoms in total. The molecule has 2 atom stereocenters. The molecule has 5 heteroatoms. The van der Waals surface area contributed by atoms with Gasteiger partial charge in [-0.1, -0.05) is 6.07 Å². The molecule has 2 heterocycles. The molecule has 1 aliphatic rings. The summed E-state index contributed by atoms with van der Waals surface area (Å²) in [7, 11) is 0. The Bertz CT molecular complexity index is 596. The standard InChI is InChI=1S/C16H23N3S.ClH/c1-11(17)14-4-3-7-19(10-14)9-13-5-6-15-16(8-13)20-12(2)18-15;/h5-6,8,11,14H,3-4,7,9-10,17H2,1-2H3;1H. The van der Waals surface area contributed by atoms with Gasteiger partial charge in [0.25, 0.3) is 0 Å². The van der Waals surface area contributed by atoms with Crippen LogP contribution in [0.4, 0.5) is 0 Å². The van der Waals surface area contributed by atoms with Crippen molar-refractivity contribution in [3.63, 3.8) is 0 Å². The summed E-state index contributed by atoms with van der Waals surface area (Å²) < 4.78 is 1.31. The molecular formula is C16H24ClN3S. The van der Waals surface area contributed by atoms with E-state index in [0.717, 1.165) is 23.6 Å². The van der Waals surface area contributed by atoms with Gasteiger partial charge in [-0.3, -0.25) is 4.90 Å². The van der Waals surface area contributed by atoms with Gasteiger partial charge >= 0.3 is 0 Å². The van der Waals surface area contributed by atoms with Crippen molar-refractivity contribution >= 4 is 34.0 Å². The highest BCUT2D eigenvalue weighted by Crippen LogP contribution is 2.25. The van der Waals surface area contributed by atoms with Crippen molar-refractivity contribution < 1.29 is 0 Å². The monoisotopic (exact) mass is 325 g/mol. The fourth-order valence-corrected chi connectivity index (χ4v) is 4.00. The predicted molar refractivity (Wildman–Crippen MR) is 93.3 cm³/mol. The Morgan fingerprint density at radius 3 is 3.05 bits per heavy atom. The molecule has 0 bridgehead atoms. The van der Waals surface area contributed by atoms with E-state index in [4.69, 9.17) is 5.73 Å². The molecule has 2 aromatic rings. The number of hydrogen-bond acceptors (Lipinski definition) is 4. The molecule has 0 aliphatic carbocycles. The molecule has 0 saturated carbocycles. The van der Waals surface area contributed by atoms with Crippen molar-refractivity contribution in [1.29, 1.82) is 0 Å². The molecule has 0 radical (unpaired) electrons. The van der Waals surface area contributed by atoms with Crippen LogP contribution >= 0.6 is 23.7 Å². The van der Waals surface area contributed by atoms with E-state index in [1.165, 1.54) is 29.6 Å². The zero-order chi connectivity index (χ0) is 14.1. The molecule has 0 spiro atoms. The summed E-state index contributed by atoms with van der Waals surface area (Å²) >= 11 is 1.78.